The standard InChI is InChI=1S/C20H30N4OS/c1-20(2)8-3-4-15(20)18(25)23-9-7-16-17(12-23)26-19(22-16)24-13-5-6-14(24)11-21-10-13/h13-15,21H,3-12H2,1-2H3. The van der Waals surface area contributed by atoms with Gasteiger partial charge in [0.2, 0.25) is 5.91 Å². The lowest BCUT2D eigenvalue weighted by Crippen LogP contribution is -2.51. The fourth-order valence-electron chi connectivity index (χ4n) is 5.58. The molecule has 3 aliphatic heterocycles. The number of hydrogen-bond donors (Lipinski definition) is 1. The van der Waals surface area contributed by atoms with Gasteiger partial charge in [-0.25, -0.2) is 4.98 Å². The molecule has 4 aliphatic rings. The minimum atomic E-state index is 0.163. The molecule has 0 aromatic carbocycles. The second-order valence-electron chi connectivity index (χ2n) is 9.26. The summed E-state index contributed by atoms with van der Waals surface area (Å²) in [5, 5.41) is 4.76. The maximum atomic E-state index is 13.1. The van der Waals surface area contributed by atoms with Crippen molar-refractivity contribution in [1.29, 1.82) is 0 Å². The zero-order chi connectivity index (χ0) is 17.9. The normalized spacial score (nSPS) is 32.8. The largest absolute Gasteiger partial charge is 0.340 e. The number of aromatic nitrogens is 1. The van der Waals surface area contributed by atoms with Gasteiger partial charge in [0.15, 0.2) is 5.13 Å². The number of carbonyl (C=O) groups is 1. The molecule has 0 spiro atoms. The minimum absolute atomic E-state index is 0.163. The summed E-state index contributed by atoms with van der Waals surface area (Å²) in [5.41, 5.74) is 1.41. The third kappa shape index (κ3) is 2.68. The molecule has 1 aromatic heterocycles. The first-order valence-electron chi connectivity index (χ1n) is 10.3. The van der Waals surface area contributed by atoms with Crippen molar-refractivity contribution in [1.82, 2.24) is 15.2 Å². The van der Waals surface area contributed by atoms with E-state index in [0.29, 0.717) is 18.0 Å². The molecular weight excluding hydrogens is 344 g/mol. The molecular formula is C20H30N4OS. The summed E-state index contributed by atoms with van der Waals surface area (Å²) in [5.74, 6) is 0.593. The Hall–Kier alpha value is -1.14. The maximum absolute atomic E-state index is 13.1. The quantitative estimate of drug-likeness (QED) is 0.865. The number of hydrogen-bond acceptors (Lipinski definition) is 5. The molecule has 1 aliphatic carbocycles. The lowest BCUT2D eigenvalue weighted by atomic mass is 9.81. The Labute approximate surface area is 160 Å². The number of amides is 1. The van der Waals surface area contributed by atoms with E-state index < -0.39 is 0 Å². The van der Waals surface area contributed by atoms with Crippen LogP contribution in [0.4, 0.5) is 5.13 Å². The van der Waals surface area contributed by atoms with Gasteiger partial charge in [-0.3, -0.25) is 4.79 Å². The Kier molecular flexibility index (Phi) is 4.05. The van der Waals surface area contributed by atoms with Crippen LogP contribution in [0.2, 0.25) is 0 Å². The predicted octanol–water partition coefficient (Wildman–Crippen LogP) is 2.79. The highest BCUT2D eigenvalue weighted by molar-refractivity contribution is 7.15. The molecule has 142 valence electrons. The average Bonchev–Trinajstić information content (AvgIpc) is 3.26. The molecule has 3 unspecified atom stereocenters. The van der Waals surface area contributed by atoms with Crippen molar-refractivity contribution in [3.63, 3.8) is 0 Å². The molecule has 5 nitrogen and oxygen atoms in total. The topological polar surface area (TPSA) is 48.5 Å². The van der Waals surface area contributed by atoms with E-state index in [1.54, 1.807) is 0 Å². The summed E-state index contributed by atoms with van der Waals surface area (Å²) in [7, 11) is 0. The molecule has 0 radical (unpaired) electrons. The van der Waals surface area contributed by atoms with Crippen LogP contribution in [0.1, 0.15) is 56.5 Å². The van der Waals surface area contributed by atoms with Gasteiger partial charge in [0.05, 0.1) is 12.2 Å². The van der Waals surface area contributed by atoms with Crippen molar-refractivity contribution < 1.29 is 4.79 Å². The maximum Gasteiger partial charge on any atom is 0.226 e. The summed E-state index contributed by atoms with van der Waals surface area (Å²) in [6, 6.07) is 1.22. The van der Waals surface area contributed by atoms with E-state index in [2.05, 4.69) is 29.0 Å². The van der Waals surface area contributed by atoms with Gasteiger partial charge in [-0.15, -0.1) is 0 Å². The van der Waals surface area contributed by atoms with E-state index >= 15 is 0 Å². The SMILES string of the molecule is CC1(C)CCCC1C(=O)N1CCc2nc(N3C4CCC3CNC4)sc2C1. The molecule has 2 bridgehead atoms. The van der Waals surface area contributed by atoms with Crippen LogP contribution in [-0.2, 0) is 17.8 Å². The summed E-state index contributed by atoms with van der Waals surface area (Å²) in [6.07, 6.45) is 6.92. The highest BCUT2D eigenvalue weighted by Crippen LogP contribution is 2.44. The number of nitrogens with one attached hydrogen (secondary N) is 1. The molecule has 3 atom stereocenters. The summed E-state index contributed by atoms with van der Waals surface area (Å²) >= 11 is 1.85. The molecule has 3 fully saturated rings. The van der Waals surface area contributed by atoms with E-state index in [4.69, 9.17) is 4.98 Å². The van der Waals surface area contributed by atoms with Gasteiger partial charge in [0.1, 0.15) is 0 Å². The van der Waals surface area contributed by atoms with Gasteiger partial charge in [-0.05, 0) is 31.1 Å². The summed E-state index contributed by atoms with van der Waals surface area (Å²) in [6.45, 7) is 8.33. The first-order chi connectivity index (χ1) is 12.5. The predicted molar refractivity (Wildman–Crippen MR) is 105 cm³/mol. The minimum Gasteiger partial charge on any atom is -0.340 e. The monoisotopic (exact) mass is 374 g/mol. The van der Waals surface area contributed by atoms with E-state index in [1.807, 2.05) is 11.3 Å². The second kappa shape index (κ2) is 6.20. The fourth-order valence-corrected chi connectivity index (χ4v) is 6.84. The lowest BCUT2D eigenvalue weighted by Gasteiger charge is -2.35. The molecule has 26 heavy (non-hydrogen) atoms. The van der Waals surface area contributed by atoms with E-state index in [1.165, 1.54) is 41.4 Å². The number of rotatable bonds is 2. The molecule has 6 heteroatoms. The van der Waals surface area contributed by atoms with Crippen LogP contribution in [0.25, 0.3) is 0 Å². The second-order valence-corrected chi connectivity index (χ2v) is 10.3. The number of piperazine rings is 1. The van der Waals surface area contributed by atoms with Crippen LogP contribution in [-0.4, -0.2) is 47.5 Å². The average molecular weight is 375 g/mol. The summed E-state index contributed by atoms with van der Waals surface area (Å²) in [4.78, 5) is 24.2. The van der Waals surface area contributed by atoms with Crippen LogP contribution in [0, 0.1) is 11.3 Å². The highest BCUT2D eigenvalue weighted by atomic mass is 32.1. The van der Waals surface area contributed by atoms with E-state index in [9.17, 15) is 4.79 Å². The number of anilines is 1. The molecule has 5 rings (SSSR count). The van der Waals surface area contributed by atoms with E-state index in [0.717, 1.165) is 39.0 Å². The van der Waals surface area contributed by atoms with Crippen molar-refractivity contribution in [3.8, 4) is 0 Å². The van der Waals surface area contributed by atoms with Crippen molar-refractivity contribution >= 4 is 22.4 Å². The first-order valence-corrected chi connectivity index (χ1v) is 11.1. The van der Waals surface area contributed by atoms with Gasteiger partial charge in [0.25, 0.3) is 0 Å². The molecule has 1 N–H and O–H groups in total. The van der Waals surface area contributed by atoms with E-state index in [-0.39, 0.29) is 11.3 Å². The smallest absolute Gasteiger partial charge is 0.226 e. The van der Waals surface area contributed by atoms with Crippen molar-refractivity contribution in [2.24, 2.45) is 11.3 Å². The van der Waals surface area contributed by atoms with Gasteiger partial charge >= 0.3 is 0 Å². The summed E-state index contributed by atoms with van der Waals surface area (Å²) < 4.78 is 0. The van der Waals surface area contributed by atoms with Crippen LogP contribution in [0.3, 0.4) is 0 Å². The van der Waals surface area contributed by atoms with Crippen LogP contribution < -0.4 is 10.2 Å². The molecule has 1 saturated carbocycles. The van der Waals surface area contributed by atoms with Gasteiger partial charge in [-0.2, -0.15) is 0 Å². The van der Waals surface area contributed by atoms with Gasteiger partial charge < -0.3 is 15.1 Å². The zero-order valence-corrected chi connectivity index (χ0v) is 16.8. The van der Waals surface area contributed by atoms with Crippen molar-refractivity contribution in [2.45, 2.75) is 71.0 Å². The lowest BCUT2D eigenvalue weighted by molar-refractivity contribution is -0.139. The molecule has 1 amide bonds. The zero-order valence-electron chi connectivity index (χ0n) is 16.0. The first kappa shape index (κ1) is 17.0. The van der Waals surface area contributed by atoms with Crippen LogP contribution >= 0.6 is 11.3 Å². The number of carbonyl (C=O) groups excluding carboxylic acids is 1. The van der Waals surface area contributed by atoms with Crippen molar-refractivity contribution in [3.05, 3.63) is 10.6 Å². The number of nitrogens with zero attached hydrogens (tertiary/aromatic N) is 3. The van der Waals surface area contributed by atoms with Crippen molar-refractivity contribution in [2.75, 3.05) is 24.5 Å². The Morgan fingerprint density at radius 3 is 2.69 bits per heavy atom. The van der Waals surface area contributed by atoms with Crippen LogP contribution in [0.15, 0.2) is 0 Å². The number of thiazole rings is 1. The third-order valence-corrected chi connectivity index (χ3v) is 8.28. The Morgan fingerprint density at radius 2 is 2.00 bits per heavy atom. The Bertz CT molecular complexity index is 699. The van der Waals surface area contributed by atoms with Gasteiger partial charge in [-0.1, -0.05) is 31.6 Å². The van der Waals surface area contributed by atoms with Crippen LogP contribution in [0.5, 0.6) is 0 Å². The Morgan fingerprint density at radius 1 is 1.23 bits per heavy atom. The highest BCUT2D eigenvalue weighted by Gasteiger charge is 2.43. The molecule has 2 saturated heterocycles. The molecule has 4 heterocycles. The fraction of sp³-hybridized carbons (Fsp3) is 0.800. The third-order valence-electron chi connectivity index (χ3n) is 7.19. The van der Waals surface area contributed by atoms with Gasteiger partial charge in [0, 0.05) is 48.9 Å². The Balaban J connectivity index is 1.34. The number of fused-ring (bicyclic) bond motifs is 3. The molecule has 1 aromatic rings.